The van der Waals surface area contributed by atoms with Gasteiger partial charge in [-0.15, -0.1) is 0 Å². The van der Waals surface area contributed by atoms with E-state index in [0.717, 1.165) is 25.0 Å². The predicted molar refractivity (Wildman–Crippen MR) is 79.1 cm³/mol. The van der Waals surface area contributed by atoms with Gasteiger partial charge >= 0.3 is 0 Å². The van der Waals surface area contributed by atoms with Gasteiger partial charge in [0, 0.05) is 6.61 Å². The monoisotopic (exact) mass is 285 g/mol. The molecule has 0 bridgehead atoms. The van der Waals surface area contributed by atoms with Crippen LogP contribution in [0.5, 0.6) is 0 Å². The second-order valence-corrected chi connectivity index (χ2v) is 5.44. The maximum atomic E-state index is 12.2. The summed E-state index contributed by atoms with van der Waals surface area (Å²) in [5.74, 6) is -0.114. The van der Waals surface area contributed by atoms with Crippen molar-refractivity contribution in [3.8, 4) is 0 Å². The summed E-state index contributed by atoms with van der Waals surface area (Å²) < 4.78 is 10.9. The molecule has 21 heavy (non-hydrogen) atoms. The van der Waals surface area contributed by atoms with Crippen LogP contribution in [0.2, 0.25) is 0 Å². The molecule has 2 aromatic rings. The highest BCUT2D eigenvalue weighted by atomic mass is 16.5. The van der Waals surface area contributed by atoms with E-state index in [9.17, 15) is 4.79 Å². The molecule has 1 aromatic carbocycles. The van der Waals surface area contributed by atoms with Crippen LogP contribution in [-0.2, 0) is 4.74 Å². The van der Waals surface area contributed by atoms with E-state index in [1.54, 1.807) is 6.07 Å². The third kappa shape index (κ3) is 3.16. The molecular weight excluding hydrogens is 266 g/mol. The van der Waals surface area contributed by atoms with Gasteiger partial charge in [-0.05, 0) is 31.4 Å². The smallest absolute Gasteiger partial charge is 0.254 e. The molecule has 0 aliphatic carbocycles. The van der Waals surface area contributed by atoms with E-state index in [1.807, 2.05) is 0 Å². The van der Waals surface area contributed by atoms with Crippen molar-refractivity contribution in [3.05, 3.63) is 59.5 Å². The summed E-state index contributed by atoms with van der Waals surface area (Å²) in [4.78, 5) is 12.2. The number of carbonyl (C=O) groups is 1. The molecule has 0 spiro atoms. The van der Waals surface area contributed by atoms with Crippen molar-refractivity contribution >= 4 is 5.91 Å². The van der Waals surface area contributed by atoms with Gasteiger partial charge in [-0.2, -0.15) is 0 Å². The van der Waals surface area contributed by atoms with Crippen molar-refractivity contribution in [1.29, 1.82) is 0 Å². The molecule has 1 saturated heterocycles. The van der Waals surface area contributed by atoms with Gasteiger partial charge in [-0.3, -0.25) is 4.79 Å². The highest BCUT2D eigenvalue weighted by Crippen LogP contribution is 2.28. The van der Waals surface area contributed by atoms with Gasteiger partial charge in [0.1, 0.15) is 12.4 Å². The number of benzene rings is 1. The summed E-state index contributed by atoms with van der Waals surface area (Å²) in [6.07, 6.45) is 4.75. The fraction of sp³-hybridized carbons (Fsp3) is 0.353. The van der Waals surface area contributed by atoms with Crippen LogP contribution in [-0.4, -0.2) is 18.6 Å². The van der Waals surface area contributed by atoms with Crippen molar-refractivity contribution < 1.29 is 13.9 Å². The normalized spacial score (nSPS) is 22.0. The van der Waals surface area contributed by atoms with Crippen LogP contribution in [0.4, 0.5) is 0 Å². The van der Waals surface area contributed by atoms with Gasteiger partial charge in [-0.1, -0.05) is 29.8 Å². The Morgan fingerprint density at radius 1 is 1.24 bits per heavy atom. The van der Waals surface area contributed by atoms with Crippen LogP contribution in [0.1, 0.15) is 40.4 Å². The third-order valence-corrected chi connectivity index (χ3v) is 3.83. The topological polar surface area (TPSA) is 51.5 Å². The molecule has 1 fully saturated rings. The lowest BCUT2D eigenvalue weighted by Gasteiger charge is -2.32. The first-order chi connectivity index (χ1) is 10.2. The molecule has 4 heteroatoms. The summed E-state index contributed by atoms with van der Waals surface area (Å²) in [7, 11) is 0. The molecule has 0 saturated carbocycles. The van der Waals surface area contributed by atoms with E-state index in [0.29, 0.717) is 5.56 Å². The Morgan fingerprint density at radius 2 is 2.05 bits per heavy atom. The summed E-state index contributed by atoms with van der Waals surface area (Å²) in [5.41, 5.74) is 2.87. The lowest BCUT2D eigenvalue weighted by molar-refractivity contribution is -0.00947. The van der Waals surface area contributed by atoms with Gasteiger partial charge < -0.3 is 14.5 Å². The first kappa shape index (κ1) is 13.9. The number of amides is 1. The quantitative estimate of drug-likeness (QED) is 0.942. The molecule has 2 heterocycles. The van der Waals surface area contributed by atoms with Gasteiger partial charge in [0.15, 0.2) is 0 Å². The molecular formula is C17H19NO3. The Hall–Kier alpha value is -2.07. The molecule has 0 radical (unpaired) electrons. The molecule has 1 amide bonds. The van der Waals surface area contributed by atoms with Crippen LogP contribution in [0.3, 0.4) is 0 Å². The fourth-order valence-electron chi connectivity index (χ4n) is 2.66. The average molecular weight is 285 g/mol. The van der Waals surface area contributed by atoms with Crippen LogP contribution in [0.25, 0.3) is 0 Å². The largest absolute Gasteiger partial charge is 0.472 e. The summed E-state index contributed by atoms with van der Waals surface area (Å²) in [6, 6.07) is 9.94. The average Bonchev–Trinajstić information content (AvgIpc) is 3.03. The highest BCUT2D eigenvalue weighted by molar-refractivity contribution is 5.94. The van der Waals surface area contributed by atoms with E-state index in [1.165, 1.54) is 18.1 Å². The van der Waals surface area contributed by atoms with Gasteiger partial charge in [0.25, 0.3) is 5.91 Å². The van der Waals surface area contributed by atoms with E-state index in [4.69, 9.17) is 9.15 Å². The number of nitrogens with one attached hydrogen (secondary N) is 1. The molecule has 4 nitrogen and oxygen atoms in total. The number of aryl methyl sites for hydroxylation is 1. The summed E-state index contributed by atoms with van der Waals surface area (Å²) >= 11 is 0. The van der Waals surface area contributed by atoms with Crippen LogP contribution >= 0.6 is 0 Å². The van der Waals surface area contributed by atoms with Gasteiger partial charge in [-0.25, -0.2) is 0 Å². The second-order valence-electron chi connectivity index (χ2n) is 5.44. The minimum atomic E-state index is -0.114. The molecule has 1 N–H and O–H groups in total. The first-order valence-corrected chi connectivity index (χ1v) is 7.25. The zero-order chi connectivity index (χ0) is 14.7. The van der Waals surface area contributed by atoms with Crippen molar-refractivity contribution in [2.45, 2.75) is 31.9 Å². The zero-order valence-corrected chi connectivity index (χ0v) is 12.0. The van der Waals surface area contributed by atoms with Crippen LogP contribution in [0, 0.1) is 6.92 Å². The SMILES string of the molecule is Cc1ccc([C@H]2OCCC[C@@H]2NC(=O)c2ccoc2)cc1. The van der Waals surface area contributed by atoms with Gasteiger partial charge in [0.05, 0.1) is 17.9 Å². The van der Waals surface area contributed by atoms with E-state index in [2.05, 4.69) is 36.5 Å². The number of hydrogen-bond donors (Lipinski definition) is 1. The Balaban J connectivity index is 1.75. The molecule has 2 atom stereocenters. The van der Waals surface area contributed by atoms with Crippen molar-refractivity contribution in [2.24, 2.45) is 0 Å². The third-order valence-electron chi connectivity index (χ3n) is 3.83. The standard InChI is InChI=1S/C17H19NO3/c1-12-4-6-13(7-5-12)16-15(3-2-9-21-16)18-17(19)14-8-10-20-11-14/h4-8,10-11,15-16H,2-3,9H2,1H3,(H,18,19)/t15-,16+/m0/s1. The van der Waals surface area contributed by atoms with Crippen molar-refractivity contribution in [3.63, 3.8) is 0 Å². The number of hydrogen-bond acceptors (Lipinski definition) is 3. The maximum Gasteiger partial charge on any atom is 0.254 e. The number of rotatable bonds is 3. The molecule has 0 unspecified atom stereocenters. The Labute approximate surface area is 124 Å². The Morgan fingerprint density at radius 3 is 2.76 bits per heavy atom. The van der Waals surface area contributed by atoms with Crippen LogP contribution < -0.4 is 5.32 Å². The molecule has 110 valence electrons. The lowest BCUT2D eigenvalue weighted by atomic mass is 9.95. The summed E-state index contributed by atoms with van der Waals surface area (Å²) in [6.45, 7) is 2.79. The number of ether oxygens (including phenoxy) is 1. The first-order valence-electron chi connectivity index (χ1n) is 7.25. The molecule has 1 aliphatic rings. The van der Waals surface area contributed by atoms with Crippen molar-refractivity contribution in [1.82, 2.24) is 5.32 Å². The molecule has 1 aromatic heterocycles. The van der Waals surface area contributed by atoms with E-state index < -0.39 is 0 Å². The Bertz CT molecular complexity index is 589. The summed E-state index contributed by atoms with van der Waals surface area (Å²) in [5, 5.41) is 3.06. The Kier molecular flexibility index (Phi) is 4.06. The van der Waals surface area contributed by atoms with Crippen LogP contribution in [0.15, 0.2) is 47.3 Å². The highest BCUT2D eigenvalue weighted by Gasteiger charge is 2.29. The number of carbonyl (C=O) groups excluding carboxylic acids is 1. The fourth-order valence-corrected chi connectivity index (χ4v) is 2.66. The second kappa shape index (κ2) is 6.14. The van der Waals surface area contributed by atoms with Crippen molar-refractivity contribution in [2.75, 3.05) is 6.61 Å². The minimum Gasteiger partial charge on any atom is -0.472 e. The number of furan rings is 1. The van der Waals surface area contributed by atoms with E-state index in [-0.39, 0.29) is 18.1 Å². The lowest BCUT2D eigenvalue weighted by Crippen LogP contribution is -2.42. The van der Waals surface area contributed by atoms with Gasteiger partial charge in [0.2, 0.25) is 0 Å². The predicted octanol–water partition coefficient (Wildman–Crippen LogP) is 3.24. The zero-order valence-electron chi connectivity index (χ0n) is 12.0. The van der Waals surface area contributed by atoms with E-state index >= 15 is 0 Å². The molecule has 1 aliphatic heterocycles. The minimum absolute atomic E-state index is 0.0103. The maximum absolute atomic E-state index is 12.2. The molecule has 3 rings (SSSR count).